The van der Waals surface area contributed by atoms with Crippen molar-refractivity contribution in [2.24, 2.45) is 0 Å². The van der Waals surface area contributed by atoms with Crippen molar-refractivity contribution in [3.8, 4) is 5.75 Å². The summed E-state index contributed by atoms with van der Waals surface area (Å²) >= 11 is 1.80. The average molecular weight is 689 g/mol. The van der Waals surface area contributed by atoms with Crippen LogP contribution >= 0.6 is 28.7 Å². The highest BCUT2D eigenvalue weighted by molar-refractivity contribution is 8.93. The van der Waals surface area contributed by atoms with E-state index in [-0.39, 0.29) is 28.4 Å². The van der Waals surface area contributed by atoms with Gasteiger partial charge in [0.05, 0.1) is 19.0 Å². The number of carbonyl (C=O) groups is 1. The standard InChI is InChI=1S/C37H57N3O2S.BrH/c1-6-7-8-9-10-11-12-13-14-15-16-17-24-42-35-27-32(21-22-34(35)37(2,3)4)29-40(36(41)38-5)33-20-18-19-31(26-33)28-39-23-25-43-30-39;/h18-23,25-27H,6-17,24,28-30H2,1-5H3,(H,38,41);1H. The number of anilines is 1. The quantitative estimate of drug-likeness (QED) is 0.149. The molecule has 0 fully saturated rings. The first-order valence-electron chi connectivity index (χ1n) is 16.7. The van der Waals surface area contributed by atoms with E-state index in [9.17, 15) is 4.79 Å². The van der Waals surface area contributed by atoms with Gasteiger partial charge in [0, 0.05) is 25.5 Å². The fraction of sp³-hybridized carbons (Fsp3) is 0.595. The average Bonchev–Trinajstić information content (AvgIpc) is 3.50. The molecule has 7 heteroatoms. The van der Waals surface area contributed by atoms with Gasteiger partial charge in [-0.15, -0.1) is 28.7 Å². The van der Waals surface area contributed by atoms with E-state index >= 15 is 0 Å². The number of urea groups is 1. The summed E-state index contributed by atoms with van der Waals surface area (Å²) in [6, 6.07) is 14.7. The van der Waals surface area contributed by atoms with Crippen molar-refractivity contribution in [3.63, 3.8) is 0 Å². The summed E-state index contributed by atoms with van der Waals surface area (Å²) < 4.78 is 6.43. The lowest BCUT2D eigenvalue weighted by Crippen LogP contribution is -2.37. The number of nitrogens with one attached hydrogen (secondary N) is 1. The van der Waals surface area contributed by atoms with Crippen LogP contribution in [0.3, 0.4) is 0 Å². The number of hydrogen-bond donors (Lipinski definition) is 1. The van der Waals surface area contributed by atoms with Crippen LogP contribution in [0, 0.1) is 0 Å². The van der Waals surface area contributed by atoms with Crippen LogP contribution in [0.4, 0.5) is 10.5 Å². The van der Waals surface area contributed by atoms with Gasteiger partial charge in [0.15, 0.2) is 0 Å². The number of hydrogen-bond acceptors (Lipinski definition) is 4. The molecule has 1 N–H and O–H groups in total. The summed E-state index contributed by atoms with van der Waals surface area (Å²) in [5, 5.41) is 4.96. The Morgan fingerprint density at radius 1 is 0.909 bits per heavy atom. The number of benzene rings is 2. The Balaban J connectivity index is 0.00000675. The molecule has 0 spiro atoms. The van der Waals surface area contributed by atoms with Crippen molar-refractivity contribution < 1.29 is 9.53 Å². The highest BCUT2D eigenvalue weighted by Gasteiger charge is 2.21. The topological polar surface area (TPSA) is 44.8 Å². The molecule has 5 nitrogen and oxygen atoms in total. The molecular weight excluding hydrogens is 630 g/mol. The molecule has 0 bridgehead atoms. The monoisotopic (exact) mass is 687 g/mol. The summed E-state index contributed by atoms with van der Waals surface area (Å²) in [5.41, 5.74) is 4.33. The molecule has 0 aliphatic carbocycles. The maximum absolute atomic E-state index is 13.1. The molecule has 3 rings (SSSR count). The molecule has 0 saturated carbocycles. The second-order valence-corrected chi connectivity index (χ2v) is 13.8. The Hall–Kier alpha value is -2.12. The Morgan fingerprint density at radius 2 is 1.57 bits per heavy atom. The van der Waals surface area contributed by atoms with Gasteiger partial charge in [-0.05, 0) is 52.1 Å². The number of carbonyl (C=O) groups excluding carboxylic acids is 1. The molecule has 0 aromatic heterocycles. The zero-order chi connectivity index (χ0) is 30.9. The summed E-state index contributed by atoms with van der Waals surface area (Å²) in [7, 11) is 1.69. The van der Waals surface area contributed by atoms with E-state index in [0.29, 0.717) is 6.54 Å². The van der Waals surface area contributed by atoms with E-state index in [2.05, 4.69) is 79.9 Å². The summed E-state index contributed by atoms with van der Waals surface area (Å²) in [6.45, 7) is 11.0. The zero-order valence-corrected chi connectivity index (χ0v) is 30.6. The van der Waals surface area contributed by atoms with E-state index in [0.717, 1.165) is 42.4 Å². The molecular formula is C37H58BrN3O2S. The Bertz CT molecular complexity index is 1130. The van der Waals surface area contributed by atoms with Gasteiger partial charge >= 0.3 is 6.03 Å². The minimum absolute atomic E-state index is 0. The molecule has 0 radical (unpaired) electrons. The normalized spacial score (nSPS) is 12.7. The van der Waals surface area contributed by atoms with Crippen LogP contribution in [0.15, 0.2) is 54.1 Å². The molecule has 2 aromatic rings. The minimum atomic E-state index is -0.118. The van der Waals surface area contributed by atoms with Crippen molar-refractivity contribution in [3.05, 3.63) is 70.8 Å². The van der Waals surface area contributed by atoms with E-state index < -0.39 is 0 Å². The van der Waals surface area contributed by atoms with Crippen LogP contribution in [0.5, 0.6) is 5.75 Å². The number of halogens is 1. The van der Waals surface area contributed by atoms with Crippen LogP contribution in [0.1, 0.15) is 121 Å². The summed E-state index contributed by atoms with van der Waals surface area (Å²) in [6.07, 6.45) is 18.1. The highest BCUT2D eigenvalue weighted by atomic mass is 79.9. The third kappa shape index (κ3) is 13.5. The zero-order valence-electron chi connectivity index (χ0n) is 28.0. The smallest absolute Gasteiger partial charge is 0.321 e. The maximum Gasteiger partial charge on any atom is 0.321 e. The van der Waals surface area contributed by atoms with E-state index in [4.69, 9.17) is 4.74 Å². The van der Waals surface area contributed by atoms with Gasteiger partial charge < -0.3 is 15.0 Å². The number of thioether (sulfide) groups is 1. The van der Waals surface area contributed by atoms with E-state index in [1.807, 2.05) is 17.0 Å². The van der Waals surface area contributed by atoms with Crippen molar-refractivity contribution in [2.75, 3.05) is 24.4 Å². The summed E-state index contributed by atoms with van der Waals surface area (Å²) in [4.78, 5) is 17.1. The van der Waals surface area contributed by atoms with Crippen molar-refractivity contribution in [2.45, 2.75) is 123 Å². The van der Waals surface area contributed by atoms with E-state index in [1.54, 1.807) is 18.8 Å². The second-order valence-electron chi connectivity index (χ2n) is 13.0. The molecule has 2 amide bonds. The highest BCUT2D eigenvalue weighted by Crippen LogP contribution is 2.33. The maximum atomic E-state index is 13.1. The van der Waals surface area contributed by atoms with Crippen molar-refractivity contribution in [1.29, 1.82) is 0 Å². The first-order valence-corrected chi connectivity index (χ1v) is 17.7. The van der Waals surface area contributed by atoms with Crippen LogP contribution in [0.25, 0.3) is 0 Å². The molecule has 1 aliphatic heterocycles. The Morgan fingerprint density at radius 3 is 2.16 bits per heavy atom. The Labute approximate surface area is 283 Å². The molecule has 2 aromatic carbocycles. The van der Waals surface area contributed by atoms with Gasteiger partial charge in [-0.3, -0.25) is 4.90 Å². The molecule has 0 unspecified atom stereocenters. The number of rotatable bonds is 19. The first kappa shape index (κ1) is 38.1. The minimum Gasteiger partial charge on any atom is -0.493 e. The number of ether oxygens (including phenoxy) is 1. The Kier molecular flexibility index (Phi) is 18.0. The van der Waals surface area contributed by atoms with Gasteiger partial charge in [-0.25, -0.2) is 4.79 Å². The third-order valence-electron chi connectivity index (χ3n) is 8.13. The lowest BCUT2D eigenvalue weighted by molar-refractivity contribution is 0.248. The lowest BCUT2D eigenvalue weighted by Gasteiger charge is -2.26. The molecule has 246 valence electrons. The van der Waals surface area contributed by atoms with Gasteiger partial charge in [-0.1, -0.05) is 123 Å². The predicted molar refractivity (Wildman–Crippen MR) is 196 cm³/mol. The molecule has 44 heavy (non-hydrogen) atoms. The van der Waals surface area contributed by atoms with Crippen LogP contribution in [-0.2, 0) is 18.5 Å². The third-order valence-corrected chi connectivity index (χ3v) is 8.92. The number of nitrogens with zero attached hydrogens (tertiary/aromatic N) is 2. The fourth-order valence-corrected chi connectivity index (χ4v) is 6.31. The number of amides is 2. The molecule has 0 saturated heterocycles. The second kappa shape index (κ2) is 20.8. The summed E-state index contributed by atoms with van der Waals surface area (Å²) in [5.74, 6) is 1.91. The van der Waals surface area contributed by atoms with Gasteiger partial charge in [0.2, 0.25) is 0 Å². The van der Waals surface area contributed by atoms with Crippen LogP contribution in [0.2, 0.25) is 0 Å². The van der Waals surface area contributed by atoms with Crippen LogP contribution in [-0.4, -0.2) is 30.5 Å². The van der Waals surface area contributed by atoms with Crippen molar-refractivity contribution >= 4 is 40.5 Å². The lowest BCUT2D eigenvalue weighted by atomic mass is 9.85. The fourth-order valence-electron chi connectivity index (χ4n) is 5.59. The van der Waals surface area contributed by atoms with Gasteiger partial charge in [-0.2, -0.15) is 0 Å². The van der Waals surface area contributed by atoms with Gasteiger partial charge in [0.1, 0.15) is 5.75 Å². The van der Waals surface area contributed by atoms with Gasteiger partial charge in [0.25, 0.3) is 0 Å². The van der Waals surface area contributed by atoms with E-state index in [1.165, 1.54) is 81.8 Å². The molecule has 1 aliphatic rings. The molecule has 1 heterocycles. The predicted octanol–water partition coefficient (Wildman–Crippen LogP) is 11.0. The largest absolute Gasteiger partial charge is 0.493 e. The molecule has 0 atom stereocenters. The SMILES string of the molecule is Br.CCCCCCCCCCCCCCOc1cc(CN(C(=O)NC)c2cccc(CN3C=CSC3)c2)ccc1C(C)(C)C. The van der Waals surface area contributed by atoms with Crippen molar-refractivity contribution in [1.82, 2.24) is 10.2 Å². The number of unbranched alkanes of at least 4 members (excludes halogenated alkanes) is 11. The first-order chi connectivity index (χ1) is 20.8. The van der Waals surface area contributed by atoms with Crippen LogP contribution < -0.4 is 15.0 Å².